The predicted molar refractivity (Wildman–Crippen MR) is 112 cm³/mol. The van der Waals surface area contributed by atoms with Crippen molar-refractivity contribution in [3.8, 4) is 0 Å². The van der Waals surface area contributed by atoms with E-state index in [1.54, 1.807) is 4.90 Å². The smallest absolute Gasteiger partial charge is 0.319 e. The zero-order chi connectivity index (χ0) is 20.3. The first-order valence-corrected chi connectivity index (χ1v) is 10.3. The van der Waals surface area contributed by atoms with Gasteiger partial charge in [-0.25, -0.2) is 4.79 Å². The molecular formula is C22H34N4O2. The van der Waals surface area contributed by atoms with Gasteiger partial charge in [0.05, 0.1) is 0 Å². The van der Waals surface area contributed by atoms with Crippen LogP contribution in [0, 0.1) is 0 Å². The topological polar surface area (TPSA) is 55.9 Å². The summed E-state index contributed by atoms with van der Waals surface area (Å²) in [7, 11) is 7.64. The van der Waals surface area contributed by atoms with E-state index in [1.165, 1.54) is 11.1 Å². The summed E-state index contributed by atoms with van der Waals surface area (Å²) in [5.74, 6) is 0.408. The lowest BCUT2D eigenvalue weighted by Gasteiger charge is -2.41. The van der Waals surface area contributed by atoms with Gasteiger partial charge in [0.2, 0.25) is 5.91 Å². The van der Waals surface area contributed by atoms with Gasteiger partial charge in [-0.2, -0.15) is 0 Å². The molecule has 1 spiro atoms. The van der Waals surface area contributed by atoms with E-state index >= 15 is 0 Å². The van der Waals surface area contributed by atoms with Gasteiger partial charge >= 0.3 is 6.03 Å². The summed E-state index contributed by atoms with van der Waals surface area (Å²) in [6.07, 6.45) is 3.51. The first-order valence-electron chi connectivity index (χ1n) is 10.3. The highest BCUT2D eigenvalue weighted by molar-refractivity contribution is 5.77. The van der Waals surface area contributed by atoms with Crippen molar-refractivity contribution in [3.63, 3.8) is 0 Å². The van der Waals surface area contributed by atoms with E-state index in [0.717, 1.165) is 38.9 Å². The molecule has 1 aliphatic heterocycles. The Hall–Kier alpha value is -2.08. The van der Waals surface area contributed by atoms with Crippen molar-refractivity contribution in [1.29, 1.82) is 0 Å². The van der Waals surface area contributed by atoms with Gasteiger partial charge in [0, 0.05) is 46.7 Å². The average Bonchev–Trinajstić information content (AvgIpc) is 2.95. The summed E-state index contributed by atoms with van der Waals surface area (Å²) >= 11 is 0. The first kappa shape index (κ1) is 20.6. The van der Waals surface area contributed by atoms with Gasteiger partial charge in [-0.3, -0.25) is 4.79 Å². The Morgan fingerprint density at radius 1 is 1.14 bits per heavy atom. The van der Waals surface area contributed by atoms with Crippen LogP contribution in [0.15, 0.2) is 24.3 Å². The van der Waals surface area contributed by atoms with E-state index in [1.807, 2.05) is 33.1 Å². The van der Waals surface area contributed by atoms with Crippen molar-refractivity contribution in [2.24, 2.45) is 0 Å². The highest BCUT2D eigenvalue weighted by atomic mass is 16.2. The molecule has 1 saturated heterocycles. The van der Waals surface area contributed by atoms with Gasteiger partial charge in [-0.1, -0.05) is 24.3 Å². The molecule has 1 atom stereocenters. The third-order valence-corrected chi connectivity index (χ3v) is 6.30. The summed E-state index contributed by atoms with van der Waals surface area (Å²) in [5, 5.41) is 3.06. The first-order chi connectivity index (χ1) is 13.3. The summed E-state index contributed by atoms with van der Waals surface area (Å²) in [6.45, 7) is 3.11. The second-order valence-electron chi connectivity index (χ2n) is 8.79. The summed E-state index contributed by atoms with van der Waals surface area (Å²) in [4.78, 5) is 30.5. The molecule has 154 valence electrons. The fraction of sp³-hybridized carbons (Fsp3) is 0.636. The number of benzene rings is 1. The van der Waals surface area contributed by atoms with Crippen LogP contribution in [-0.4, -0.2) is 81.0 Å². The molecule has 0 radical (unpaired) electrons. The van der Waals surface area contributed by atoms with Crippen LogP contribution < -0.4 is 5.32 Å². The highest BCUT2D eigenvalue weighted by Crippen LogP contribution is 2.52. The lowest BCUT2D eigenvalue weighted by atomic mass is 9.73. The van der Waals surface area contributed by atoms with Crippen LogP contribution in [0.3, 0.4) is 0 Å². The molecule has 1 fully saturated rings. The average molecular weight is 387 g/mol. The van der Waals surface area contributed by atoms with Crippen LogP contribution in [-0.2, 0) is 10.2 Å². The number of nitrogens with zero attached hydrogens (tertiary/aromatic N) is 3. The number of amides is 3. The Morgan fingerprint density at radius 3 is 2.46 bits per heavy atom. The number of likely N-dealkylation sites (N-methyl/N-ethyl adjacent to an activating group) is 1. The van der Waals surface area contributed by atoms with Gasteiger partial charge in [-0.05, 0) is 55.8 Å². The SMILES string of the molecule is CN(C)CCNC(=O)C[C@H]1CC2(CCN(C(=O)N(C)C)CC2)c2ccccc21. The lowest BCUT2D eigenvalue weighted by Crippen LogP contribution is -2.47. The number of carbonyl (C=O) groups is 2. The standard InChI is InChI=1S/C22H34N4O2/c1-24(2)14-11-23-20(27)15-17-16-22(19-8-6-5-7-18(17)19)9-12-26(13-10-22)21(28)25(3)4/h5-8,17H,9-16H2,1-4H3,(H,23,27)/t17-/m0/s1. The third kappa shape index (κ3) is 4.32. The number of hydrogen-bond acceptors (Lipinski definition) is 3. The van der Waals surface area contributed by atoms with Crippen molar-refractivity contribution < 1.29 is 9.59 Å². The minimum atomic E-state index is 0.0953. The van der Waals surface area contributed by atoms with Gasteiger partial charge in [-0.15, -0.1) is 0 Å². The molecule has 2 aliphatic rings. The molecule has 1 N–H and O–H groups in total. The van der Waals surface area contributed by atoms with E-state index in [2.05, 4.69) is 34.5 Å². The summed E-state index contributed by atoms with van der Waals surface area (Å²) in [6, 6.07) is 8.72. The molecule has 1 aromatic rings. The van der Waals surface area contributed by atoms with Crippen molar-refractivity contribution in [2.45, 2.75) is 37.0 Å². The number of nitrogens with one attached hydrogen (secondary N) is 1. The monoisotopic (exact) mass is 386 g/mol. The third-order valence-electron chi connectivity index (χ3n) is 6.30. The highest BCUT2D eigenvalue weighted by Gasteiger charge is 2.46. The molecule has 0 aromatic heterocycles. The van der Waals surface area contributed by atoms with Gasteiger partial charge in [0.1, 0.15) is 0 Å². The van der Waals surface area contributed by atoms with Crippen molar-refractivity contribution in [3.05, 3.63) is 35.4 Å². The molecule has 0 unspecified atom stereocenters. The van der Waals surface area contributed by atoms with Crippen LogP contribution in [0.5, 0.6) is 0 Å². The normalized spacial score (nSPS) is 20.3. The molecule has 6 heteroatoms. The Labute approximate surface area is 168 Å². The molecule has 0 saturated carbocycles. The van der Waals surface area contributed by atoms with Crippen molar-refractivity contribution in [1.82, 2.24) is 20.0 Å². The molecule has 1 aromatic carbocycles. The van der Waals surface area contributed by atoms with E-state index < -0.39 is 0 Å². The quantitative estimate of drug-likeness (QED) is 0.845. The molecule has 1 heterocycles. The number of urea groups is 1. The zero-order valence-corrected chi connectivity index (χ0v) is 17.7. The summed E-state index contributed by atoms with van der Waals surface area (Å²) < 4.78 is 0. The van der Waals surface area contributed by atoms with E-state index in [4.69, 9.17) is 0 Å². The Bertz CT molecular complexity index is 708. The van der Waals surface area contributed by atoms with Crippen molar-refractivity contribution >= 4 is 11.9 Å². The minimum absolute atomic E-state index is 0.0953. The molecule has 3 amide bonds. The Morgan fingerprint density at radius 2 is 1.82 bits per heavy atom. The second kappa shape index (κ2) is 8.52. The number of rotatable bonds is 5. The van der Waals surface area contributed by atoms with Crippen LogP contribution in [0.25, 0.3) is 0 Å². The van der Waals surface area contributed by atoms with Crippen LogP contribution >= 0.6 is 0 Å². The number of carbonyl (C=O) groups excluding carboxylic acids is 2. The Kier molecular flexibility index (Phi) is 6.28. The molecule has 6 nitrogen and oxygen atoms in total. The van der Waals surface area contributed by atoms with Crippen molar-refractivity contribution in [2.75, 3.05) is 54.4 Å². The predicted octanol–water partition coefficient (Wildman–Crippen LogP) is 2.26. The van der Waals surface area contributed by atoms with Crippen LogP contribution in [0.1, 0.15) is 42.7 Å². The lowest BCUT2D eigenvalue weighted by molar-refractivity contribution is -0.121. The number of fused-ring (bicyclic) bond motifs is 2. The van der Waals surface area contributed by atoms with Gasteiger partial charge in [0.25, 0.3) is 0 Å². The molecule has 3 rings (SSSR count). The molecule has 1 aliphatic carbocycles. The number of hydrogen-bond donors (Lipinski definition) is 1. The fourth-order valence-corrected chi connectivity index (χ4v) is 4.81. The maximum atomic E-state index is 12.5. The molecule has 0 bridgehead atoms. The van der Waals surface area contributed by atoms with Gasteiger partial charge in [0.15, 0.2) is 0 Å². The van der Waals surface area contributed by atoms with Crippen LogP contribution in [0.4, 0.5) is 4.79 Å². The molecule has 28 heavy (non-hydrogen) atoms. The number of piperidine rings is 1. The largest absolute Gasteiger partial charge is 0.355 e. The second-order valence-corrected chi connectivity index (χ2v) is 8.79. The van der Waals surface area contributed by atoms with E-state index in [0.29, 0.717) is 13.0 Å². The zero-order valence-electron chi connectivity index (χ0n) is 17.7. The summed E-state index contributed by atoms with van der Waals surface area (Å²) in [5.41, 5.74) is 2.84. The maximum absolute atomic E-state index is 12.5. The Balaban J connectivity index is 1.67. The maximum Gasteiger partial charge on any atom is 0.319 e. The fourth-order valence-electron chi connectivity index (χ4n) is 4.81. The van der Waals surface area contributed by atoms with E-state index in [9.17, 15) is 9.59 Å². The number of likely N-dealkylation sites (tertiary alicyclic amines) is 1. The minimum Gasteiger partial charge on any atom is -0.355 e. The van der Waals surface area contributed by atoms with Gasteiger partial charge < -0.3 is 20.0 Å². The molecular weight excluding hydrogens is 352 g/mol. The van der Waals surface area contributed by atoms with Crippen LogP contribution in [0.2, 0.25) is 0 Å². The van der Waals surface area contributed by atoms with E-state index in [-0.39, 0.29) is 23.3 Å².